The van der Waals surface area contributed by atoms with Gasteiger partial charge in [0.2, 0.25) is 0 Å². The van der Waals surface area contributed by atoms with Crippen LogP contribution in [-0.4, -0.2) is 23.6 Å². The largest absolute Gasteiger partial charge is 0.268 e. The second-order valence-electron chi connectivity index (χ2n) is 13.8. The lowest BCUT2D eigenvalue weighted by atomic mass is 9.85. The maximum Gasteiger partial charge on any atom is 0.266 e. The van der Waals surface area contributed by atoms with Crippen LogP contribution in [0.3, 0.4) is 0 Å². The van der Waals surface area contributed by atoms with Gasteiger partial charge in [-0.2, -0.15) is 0 Å². The van der Waals surface area contributed by atoms with Crippen LogP contribution in [0.4, 0.5) is 11.4 Å². The maximum absolute atomic E-state index is 14.5. The number of nitrogens with zero attached hydrogens (tertiary/aromatic N) is 2. The van der Waals surface area contributed by atoms with Gasteiger partial charge >= 0.3 is 0 Å². The average Bonchev–Trinajstić information content (AvgIpc) is 3.18. The van der Waals surface area contributed by atoms with Crippen LogP contribution in [0, 0.1) is 0 Å². The van der Waals surface area contributed by atoms with E-state index in [0.717, 1.165) is 64.6 Å². The molecule has 0 saturated heterocycles. The van der Waals surface area contributed by atoms with Gasteiger partial charge in [-0.1, -0.05) is 97.1 Å². The molecule has 0 N–H and O–H groups in total. The highest BCUT2D eigenvalue weighted by molar-refractivity contribution is 6.44. The Hall–Kier alpha value is -7.18. The van der Waals surface area contributed by atoms with Gasteiger partial charge in [0.25, 0.3) is 23.6 Å². The molecule has 2 aliphatic heterocycles. The minimum Gasteiger partial charge on any atom is -0.268 e. The second kappa shape index (κ2) is 9.33. The Bertz CT molecular complexity index is 3020. The van der Waals surface area contributed by atoms with Crippen molar-refractivity contribution in [3.63, 3.8) is 0 Å². The third-order valence-electron chi connectivity index (χ3n) is 11.4. The molecule has 0 saturated carbocycles. The Kier molecular flexibility index (Phi) is 4.95. The summed E-state index contributed by atoms with van der Waals surface area (Å²) in [7, 11) is 0. The first-order chi connectivity index (χ1) is 25.5. The van der Waals surface area contributed by atoms with Crippen molar-refractivity contribution in [1.29, 1.82) is 0 Å². The van der Waals surface area contributed by atoms with Crippen molar-refractivity contribution >= 4 is 110 Å². The summed E-state index contributed by atoms with van der Waals surface area (Å²) < 4.78 is 0. The predicted octanol–water partition coefficient (Wildman–Crippen LogP) is 10.2. The van der Waals surface area contributed by atoms with Gasteiger partial charge in [0.15, 0.2) is 0 Å². The summed E-state index contributed by atoms with van der Waals surface area (Å²) in [6.45, 7) is 0. The van der Waals surface area contributed by atoms with Crippen molar-refractivity contribution in [2.24, 2.45) is 0 Å². The van der Waals surface area contributed by atoms with Gasteiger partial charge in [-0.3, -0.25) is 19.2 Å². The van der Waals surface area contributed by atoms with Crippen molar-refractivity contribution in [3.05, 3.63) is 156 Å². The lowest BCUT2D eigenvalue weighted by molar-refractivity contribution is 0.0873. The molecular weight excluding hydrogens is 645 g/mol. The summed E-state index contributed by atoms with van der Waals surface area (Å²) in [5.41, 5.74) is 2.09. The van der Waals surface area contributed by atoms with Crippen LogP contribution in [0.15, 0.2) is 133 Å². The standard InChI is InChI=1S/C46H22N2O4/c49-43-31-17-19-33-42-34(46(52)48(45(33)51)36-22-14-28-10-8-24-4-2-6-26-12-16-30(36)40(28)38(24)26)20-18-32(41(31)42)44(50)47(43)35-21-13-27-9-7-23-3-1-5-25-11-15-29(35)39(27)37(23)25/h1-22H. The Balaban J connectivity index is 1.03. The molecule has 0 spiro atoms. The molecule has 0 aliphatic carbocycles. The minimum atomic E-state index is -0.495. The van der Waals surface area contributed by atoms with Gasteiger partial charge in [0.05, 0.1) is 11.4 Å². The molecule has 6 nitrogen and oxygen atoms in total. The number of rotatable bonds is 2. The molecule has 4 amide bonds. The molecule has 2 heterocycles. The normalized spacial score (nSPS) is 14.6. The molecule has 6 heteroatoms. The molecule has 10 aromatic carbocycles. The fourth-order valence-corrected chi connectivity index (χ4v) is 9.14. The van der Waals surface area contributed by atoms with E-state index in [0.29, 0.717) is 22.1 Å². The zero-order valence-electron chi connectivity index (χ0n) is 27.2. The van der Waals surface area contributed by atoms with E-state index < -0.39 is 23.6 Å². The first kappa shape index (κ1) is 27.6. The first-order valence-electron chi connectivity index (χ1n) is 17.2. The number of amides is 4. The highest BCUT2D eigenvalue weighted by Crippen LogP contribution is 2.45. The van der Waals surface area contributed by atoms with Gasteiger partial charge in [-0.15, -0.1) is 0 Å². The van der Waals surface area contributed by atoms with E-state index in [2.05, 4.69) is 48.5 Å². The van der Waals surface area contributed by atoms with Crippen LogP contribution >= 0.6 is 0 Å². The summed E-state index contributed by atoms with van der Waals surface area (Å²) in [6, 6.07) is 42.6. The van der Waals surface area contributed by atoms with E-state index in [-0.39, 0.29) is 22.3 Å². The van der Waals surface area contributed by atoms with Gasteiger partial charge < -0.3 is 0 Å². The van der Waals surface area contributed by atoms with Crippen LogP contribution < -0.4 is 9.80 Å². The first-order valence-corrected chi connectivity index (χ1v) is 17.2. The van der Waals surface area contributed by atoms with E-state index >= 15 is 0 Å². The monoisotopic (exact) mass is 666 g/mol. The van der Waals surface area contributed by atoms with Crippen molar-refractivity contribution in [2.45, 2.75) is 0 Å². The molecule has 0 unspecified atom stereocenters. The molecule has 0 radical (unpaired) electrons. The van der Waals surface area contributed by atoms with Crippen LogP contribution in [0.25, 0.3) is 75.4 Å². The molecule has 52 heavy (non-hydrogen) atoms. The van der Waals surface area contributed by atoms with Crippen LogP contribution in [-0.2, 0) is 0 Å². The van der Waals surface area contributed by atoms with Crippen LogP contribution in [0.2, 0.25) is 0 Å². The number of anilines is 2. The summed E-state index contributed by atoms with van der Waals surface area (Å²) in [4.78, 5) is 60.4. The fraction of sp³-hybridized carbons (Fsp3) is 0. The molecule has 240 valence electrons. The minimum absolute atomic E-state index is 0.276. The third kappa shape index (κ3) is 3.21. The summed E-state index contributed by atoms with van der Waals surface area (Å²) in [6.07, 6.45) is 0. The smallest absolute Gasteiger partial charge is 0.266 e. The SMILES string of the molecule is O=C1c2ccc3c4c(ccc(c24)C(=O)N1c1ccc2ccc4cccc5ccc1c2c45)C(=O)N(c1ccc2ccc4cccc5ccc1c2c45)C3=O. The van der Waals surface area contributed by atoms with Crippen molar-refractivity contribution in [2.75, 3.05) is 9.80 Å². The van der Waals surface area contributed by atoms with Gasteiger partial charge in [0, 0.05) is 43.8 Å². The van der Waals surface area contributed by atoms with Crippen LogP contribution in [0.5, 0.6) is 0 Å². The van der Waals surface area contributed by atoms with E-state index in [4.69, 9.17) is 0 Å². The molecule has 0 atom stereocenters. The summed E-state index contributed by atoms with van der Waals surface area (Å²) in [5, 5.41) is 12.8. The zero-order chi connectivity index (χ0) is 34.6. The molecule has 0 fully saturated rings. The van der Waals surface area contributed by atoms with Crippen molar-refractivity contribution in [1.82, 2.24) is 0 Å². The number of hydrogen-bond donors (Lipinski definition) is 0. The number of imide groups is 2. The van der Waals surface area contributed by atoms with E-state index in [1.807, 2.05) is 60.7 Å². The lowest BCUT2D eigenvalue weighted by Crippen LogP contribution is -2.43. The van der Waals surface area contributed by atoms with Gasteiger partial charge in [0.1, 0.15) is 0 Å². The quantitative estimate of drug-likeness (QED) is 0.136. The highest BCUT2D eigenvalue weighted by atomic mass is 16.2. The lowest BCUT2D eigenvalue weighted by Gasteiger charge is -2.33. The molecule has 2 aliphatic rings. The van der Waals surface area contributed by atoms with Crippen molar-refractivity contribution in [3.8, 4) is 0 Å². The van der Waals surface area contributed by atoms with Crippen molar-refractivity contribution < 1.29 is 19.2 Å². The number of carbonyl (C=O) groups excluding carboxylic acids is 4. The Morgan fingerprint density at radius 1 is 0.269 bits per heavy atom. The molecule has 12 rings (SSSR count). The molecule has 0 bridgehead atoms. The predicted molar refractivity (Wildman–Crippen MR) is 207 cm³/mol. The summed E-state index contributed by atoms with van der Waals surface area (Å²) in [5.74, 6) is -1.98. The maximum atomic E-state index is 14.5. The second-order valence-corrected chi connectivity index (χ2v) is 13.8. The Morgan fingerprint density at radius 2 is 0.558 bits per heavy atom. The Labute approximate surface area is 294 Å². The summed E-state index contributed by atoms with van der Waals surface area (Å²) >= 11 is 0. The molecular formula is C46H22N2O4. The third-order valence-corrected chi connectivity index (χ3v) is 11.4. The van der Waals surface area contributed by atoms with Gasteiger partial charge in [-0.25, -0.2) is 9.80 Å². The molecule has 0 aromatic heterocycles. The fourth-order valence-electron chi connectivity index (χ4n) is 9.14. The molecule has 10 aromatic rings. The zero-order valence-corrected chi connectivity index (χ0v) is 27.2. The van der Waals surface area contributed by atoms with Gasteiger partial charge in [-0.05, 0) is 90.3 Å². The van der Waals surface area contributed by atoms with E-state index in [1.54, 1.807) is 24.3 Å². The number of benzene rings is 10. The average molecular weight is 667 g/mol. The van der Waals surface area contributed by atoms with Crippen LogP contribution in [0.1, 0.15) is 41.4 Å². The highest BCUT2D eigenvalue weighted by Gasteiger charge is 2.41. The Morgan fingerprint density at radius 3 is 0.904 bits per heavy atom. The van der Waals surface area contributed by atoms with E-state index in [1.165, 1.54) is 9.80 Å². The topological polar surface area (TPSA) is 74.8 Å². The number of hydrogen-bond acceptors (Lipinski definition) is 4. The van der Waals surface area contributed by atoms with E-state index in [9.17, 15) is 19.2 Å². The number of carbonyl (C=O) groups is 4.